The molecule has 0 aliphatic carbocycles. The third-order valence-corrected chi connectivity index (χ3v) is 5.93. The Bertz CT molecular complexity index is 1660. The van der Waals surface area contributed by atoms with E-state index in [2.05, 4.69) is 15.5 Å². The van der Waals surface area contributed by atoms with Gasteiger partial charge in [0.25, 0.3) is 5.91 Å². The van der Waals surface area contributed by atoms with E-state index < -0.39 is 41.3 Å². The highest BCUT2D eigenvalue weighted by atomic mass is 19.2. The van der Waals surface area contributed by atoms with Crippen LogP contribution in [0.15, 0.2) is 55.0 Å². The summed E-state index contributed by atoms with van der Waals surface area (Å²) < 4.78 is 57.7. The van der Waals surface area contributed by atoms with Crippen molar-refractivity contribution in [2.45, 2.75) is 26.9 Å². The second-order valence-corrected chi connectivity index (χ2v) is 8.38. The van der Waals surface area contributed by atoms with Crippen molar-refractivity contribution < 1.29 is 22.4 Å². The van der Waals surface area contributed by atoms with Gasteiger partial charge in [-0.1, -0.05) is 18.2 Å². The molecule has 0 spiro atoms. The summed E-state index contributed by atoms with van der Waals surface area (Å²) in [6, 6.07) is 9.16. The fourth-order valence-electron chi connectivity index (χ4n) is 4.06. The molecule has 7 nitrogen and oxygen atoms in total. The topological polar surface area (TPSA) is 77.6 Å². The molecule has 5 rings (SSSR count). The molecular formula is C26H20F4N6O. The predicted octanol–water partition coefficient (Wildman–Crippen LogP) is 5.48. The van der Waals surface area contributed by atoms with Crippen molar-refractivity contribution in [3.05, 3.63) is 95.1 Å². The number of benzene rings is 2. The third-order valence-electron chi connectivity index (χ3n) is 5.93. The molecule has 1 amide bonds. The number of amides is 1. The number of pyridine rings is 1. The van der Waals surface area contributed by atoms with Gasteiger partial charge in [0.2, 0.25) is 0 Å². The van der Waals surface area contributed by atoms with Crippen LogP contribution < -0.4 is 5.32 Å². The number of para-hydroxylation sites is 1. The lowest BCUT2D eigenvalue weighted by molar-refractivity contribution is 0.102. The lowest BCUT2D eigenvalue weighted by Gasteiger charge is -2.09. The Morgan fingerprint density at radius 3 is 2.54 bits per heavy atom. The minimum Gasteiger partial charge on any atom is -0.319 e. The Balaban J connectivity index is 1.45. The number of carbonyl (C=O) groups excluding carboxylic acids is 1. The number of fused-ring (bicyclic) bond motifs is 1. The summed E-state index contributed by atoms with van der Waals surface area (Å²) in [5, 5.41) is 11.8. The molecule has 0 unspecified atom stereocenters. The van der Waals surface area contributed by atoms with Crippen LogP contribution in [0.25, 0.3) is 22.2 Å². The smallest absolute Gasteiger partial charge is 0.256 e. The van der Waals surface area contributed by atoms with Crippen LogP contribution in [0.5, 0.6) is 0 Å². The van der Waals surface area contributed by atoms with E-state index in [0.717, 1.165) is 15.9 Å². The molecule has 188 valence electrons. The lowest BCUT2D eigenvalue weighted by Crippen LogP contribution is -2.13. The molecule has 0 aliphatic heterocycles. The third kappa shape index (κ3) is 4.55. The Morgan fingerprint density at radius 1 is 1.00 bits per heavy atom. The first-order valence-electron chi connectivity index (χ1n) is 11.3. The van der Waals surface area contributed by atoms with Crippen molar-refractivity contribution in [1.82, 2.24) is 24.5 Å². The van der Waals surface area contributed by atoms with Crippen molar-refractivity contribution in [3.63, 3.8) is 0 Å². The molecule has 2 aromatic carbocycles. The maximum Gasteiger partial charge on any atom is 0.256 e. The summed E-state index contributed by atoms with van der Waals surface area (Å²) in [6.07, 6.45) is 4.49. The van der Waals surface area contributed by atoms with Crippen LogP contribution in [0, 0.1) is 30.2 Å². The summed E-state index contributed by atoms with van der Waals surface area (Å²) >= 11 is 0. The van der Waals surface area contributed by atoms with Crippen LogP contribution in [0.3, 0.4) is 0 Å². The van der Waals surface area contributed by atoms with E-state index >= 15 is 0 Å². The minimum absolute atomic E-state index is 0.242. The molecule has 0 radical (unpaired) electrons. The molecule has 0 aliphatic rings. The maximum absolute atomic E-state index is 14.0. The van der Waals surface area contributed by atoms with Crippen LogP contribution in [-0.4, -0.2) is 30.5 Å². The molecule has 0 saturated heterocycles. The average Bonchev–Trinajstić information content (AvgIpc) is 3.50. The van der Waals surface area contributed by atoms with E-state index in [1.54, 1.807) is 28.9 Å². The summed E-state index contributed by atoms with van der Waals surface area (Å²) in [5.74, 6) is -6.71. The van der Waals surface area contributed by atoms with Crippen LogP contribution in [0.2, 0.25) is 0 Å². The van der Waals surface area contributed by atoms with E-state index in [9.17, 15) is 22.4 Å². The molecule has 3 aromatic heterocycles. The second-order valence-electron chi connectivity index (χ2n) is 8.38. The van der Waals surface area contributed by atoms with Gasteiger partial charge in [0.15, 0.2) is 17.5 Å². The van der Waals surface area contributed by atoms with Gasteiger partial charge in [-0.15, -0.1) is 0 Å². The van der Waals surface area contributed by atoms with E-state index in [1.807, 2.05) is 26.1 Å². The maximum atomic E-state index is 14.0. The Labute approximate surface area is 208 Å². The first kappa shape index (κ1) is 24.2. The van der Waals surface area contributed by atoms with Crippen molar-refractivity contribution in [1.29, 1.82) is 0 Å². The molecular weight excluding hydrogens is 488 g/mol. The number of anilines is 1. The number of carbonyl (C=O) groups is 1. The Kier molecular flexibility index (Phi) is 6.20. The van der Waals surface area contributed by atoms with Crippen LogP contribution in [-0.2, 0) is 13.1 Å². The zero-order chi connectivity index (χ0) is 26.3. The van der Waals surface area contributed by atoms with Gasteiger partial charge in [-0.3, -0.25) is 14.2 Å². The normalized spacial score (nSPS) is 11.3. The number of nitrogens with one attached hydrogen (secondary N) is 1. The van der Waals surface area contributed by atoms with E-state index in [0.29, 0.717) is 28.7 Å². The molecule has 5 aromatic rings. The van der Waals surface area contributed by atoms with Gasteiger partial charge < -0.3 is 5.32 Å². The van der Waals surface area contributed by atoms with Gasteiger partial charge >= 0.3 is 0 Å². The van der Waals surface area contributed by atoms with Crippen molar-refractivity contribution in [2.75, 3.05) is 5.32 Å². The first-order valence-corrected chi connectivity index (χ1v) is 11.3. The number of aromatic nitrogens is 5. The van der Waals surface area contributed by atoms with Crippen molar-refractivity contribution >= 4 is 22.5 Å². The molecule has 0 saturated carbocycles. The highest BCUT2D eigenvalue weighted by Crippen LogP contribution is 2.27. The van der Waals surface area contributed by atoms with Gasteiger partial charge in [0, 0.05) is 41.5 Å². The average molecular weight is 508 g/mol. The van der Waals surface area contributed by atoms with Crippen molar-refractivity contribution in [3.8, 4) is 11.3 Å². The standard InChI is InChI=1S/C26H20F4N6O/c1-3-35-12-18(14(2)34-35)23-8-17(16-6-4-5-7-22(16)33-23)26(37)32-15-10-31-36(11-15)13-19-20(27)9-21(28)25(30)24(19)29/h4-12H,3,13H2,1-2H3,(H,32,37). The first-order chi connectivity index (χ1) is 17.7. The minimum atomic E-state index is -1.77. The summed E-state index contributed by atoms with van der Waals surface area (Å²) in [7, 11) is 0. The summed E-state index contributed by atoms with van der Waals surface area (Å²) in [4.78, 5) is 18.0. The number of halogens is 4. The summed E-state index contributed by atoms with van der Waals surface area (Å²) in [5.41, 5.74) is 2.68. The zero-order valence-corrected chi connectivity index (χ0v) is 19.8. The van der Waals surface area contributed by atoms with Crippen LogP contribution in [0.4, 0.5) is 23.2 Å². The molecule has 0 bridgehead atoms. The van der Waals surface area contributed by atoms with Crippen LogP contribution >= 0.6 is 0 Å². The number of hydrogen-bond acceptors (Lipinski definition) is 4. The SMILES string of the molecule is CCn1cc(-c2cc(C(=O)Nc3cnn(Cc4c(F)cc(F)c(F)c4F)c3)c3ccccc3n2)c(C)n1. The van der Waals surface area contributed by atoms with E-state index in [4.69, 9.17) is 4.98 Å². The number of hydrogen-bond donors (Lipinski definition) is 1. The highest BCUT2D eigenvalue weighted by Gasteiger charge is 2.20. The van der Waals surface area contributed by atoms with Crippen LogP contribution in [0.1, 0.15) is 28.5 Å². The van der Waals surface area contributed by atoms with Gasteiger partial charge in [-0.25, -0.2) is 22.5 Å². The quantitative estimate of drug-likeness (QED) is 0.187. The van der Waals surface area contributed by atoms with E-state index in [-0.39, 0.29) is 11.8 Å². The number of aryl methyl sites for hydroxylation is 2. The summed E-state index contributed by atoms with van der Waals surface area (Å²) in [6.45, 7) is 4.02. The Morgan fingerprint density at radius 2 is 1.78 bits per heavy atom. The van der Waals surface area contributed by atoms with Gasteiger partial charge in [-0.05, 0) is 26.0 Å². The van der Waals surface area contributed by atoms with E-state index in [1.165, 1.54) is 12.4 Å². The molecule has 37 heavy (non-hydrogen) atoms. The molecule has 1 N–H and O–H groups in total. The van der Waals surface area contributed by atoms with Gasteiger partial charge in [0.05, 0.1) is 40.9 Å². The van der Waals surface area contributed by atoms with Gasteiger partial charge in [-0.2, -0.15) is 10.2 Å². The fraction of sp³-hybridized carbons (Fsp3) is 0.154. The zero-order valence-electron chi connectivity index (χ0n) is 19.8. The molecule has 0 fully saturated rings. The monoisotopic (exact) mass is 508 g/mol. The molecule has 0 atom stereocenters. The largest absolute Gasteiger partial charge is 0.319 e. The second kappa shape index (κ2) is 9.49. The van der Waals surface area contributed by atoms with Gasteiger partial charge in [0.1, 0.15) is 5.82 Å². The Hall–Kier alpha value is -4.54. The highest BCUT2D eigenvalue weighted by molar-refractivity contribution is 6.13. The predicted molar refractivity (Wildman–Crippen MR) is 129 cm³/mol. The molecule has 11 heteroatoms. The lowest BCUT2D eigenvalue weighted by atomic mass is 10.0. The number of nitrogens with zero attached hydrogens (tertiary/aromatic N) is 5. The van der Waals surface area contributed by atoms with Crippen molar-refractivity contribution in [2.24, 2.45) is 0 Å². The number of rotatable bonds is 6. The fourth-order valence-corrected chi connectivity index (χ4v) is 4.06. The molecule has 3 heterocycles.